The second-order valence-corrected chi connectivity index (χ2v) is 10.7. The zero-order valence-corrected chi connectivity index (χ0v) is 18.9. The molecule has 1 fully saturated rings. The van der Waals surface area contributed by atoms with Gasteiger partial charge < -0.3 is 9.84 Å². The van der Waals surface area contributed by atoms with E-state index in [4.69, 9.17) is 4.74 Å². The summed E-state index contributed by atoms with van der Waals surface area (Å²) in [5, 5.41) is 9.34. The van der Waals surface area contributed by atoms with Crippen molar-refractivity contribution in [2.75, 3.05) is 6.61 Å². The van der Waals surface area contributed by atoms with E-state index in [0.29, 0.717) is 5.92 Å². The normalized spacial score (nSPS) is 27.8. The highest BCUT2D eigenvalue weighted by molar-refractivity contribution is 5.74. The molecule has 0 spiro atoms. The van der Waals surface area contributed by atoms with Gasteiger partial charge in [-0.15, -0.1) is 5.73 Å². The van der Waals surface area contributed by atoms with Crippen LogP contribution in [0.2, 0.25) is 0 Å². The Balaban J connectivity index is 3.19. The Bertz CT molecular complexity index is 557. The lowest BCUT2D eigenvalue weighted by Crippen LogP contribution is -2.49. The van der Waals surface area contributed by atoms with Crippen LogP contribution in [0.4, 0.5) is 0 Å². The highest BCUT2D eigenvalue weighted by Gasteiger charge is 2.48. The van der Waals surface area contributed by atoms with Crippen LogP contribution in [0.25, 0.3) is 0 Å². The molecule has 0 bridgehead atoms. The molecule has 4 unspecified atom stereocenters. The highest BCUT2D eigenvalue weighted by Crippen LogP contribution is 2.47. The second-order valence-electron chi connectivity index (χ2n) is 10.7. The van der Waals surface area contributed by atoms with Crippen molar-refractivity contribution in [2.24, 2.45) is 28.6 Å². The topological polar surface area (TPSA) is 46.5 Å². The summed E-state index contributed by atoms with van der Waals surface area (Å²) in [5.41, 5.74) is 3.38. The van der Waals surface area contributed by atoms with Crippen LogP contribution in [-0.4, -0.2) is 23.3 Å². The number of hydrogen-bond acceptors (Lipinski definition) is 3. The predicted octanol–water partition coefficient (Wildman–Crippen LogP) is 5.92. The van der Waals surface area contributed by atoms with E-state index in [0.717, 1.165) is 37.7 Å². The maximum Gasteiger partial charge on any atom is 0.310 e. The summed E-state index contributed by atoms with van der Waals surface area (Å²) in [4.78, 5) is 13.4. The smallest absolute Gasteiger partial charge is 0.310 e. The molecule has 0 aliphatic heterocycles. The molecule has 1 rings (SSSR count). The Labute approximate surface area is 167 Å². The summed E-state index contributed by atoms with van der Waals surface area (Å²) in [6.45, 7) is 21.2. The van der Waals surface area contributed by atoms with E-state index in [-0.39, 0.29) is 35.2 Å². The zero-order chi connectivity index (χ0) is 21.0. The molecule has 0 radical (unpaired) electrons. The summed E-state index contributed by atoms with van der Waals surface area (Å²) in [6, 6.07) is 0. The number of aliphatic hydroxyl groups is 1. The number of carbonyl (C=O) groups excluding carboxylic acids is 1. The Morgan fingerprint density at radius 1 is 1.33 bits per heavy atom. The maximum absolute atomic E-state index is 13.4. The number of rotatable bonds is 6. The van der Waals surface area contributed by atoms with Crippen molar-refractivity contribution in [2.45, 2.75) is 93.1 Å². The van der Waals surface area contributed by atoms with Gasteiger partial charge in [0.15, 0.2) is 0 Å². The first-order chi connectivity index (χ1) is 12.3. The van der Waals surface area contributed by atoms with Gasteiger partial charge in [0.2, 0.25) is 0 Å². The fourth-order valence-corrected chi connectivity index (χ4v) is 4.56. The van der Waals surface area contributed by atoms with Crippen molar-refractivity contribution in [1.29, 1.82) is 0 Å². The molecule has 4 atom stereocenters. The second kappa shape index (κ2) is 8.97. The van der Waals surface area contributed by atoms with E-state index in [1.807, 2.05) is 0 Å². The number of ether oxygens (including phenoxy) is 1. The first kappa shape index (κ1) is 24.0. The molecule has 1 N–H and O–H groups in total. The Hall–Kier alpha value is -1.05. The van der Waals surface area contributed by atoms with Gasteiger partial charge in [-0.1, -0.05) is 62.0 Å². The van der Waals surface area contributed by atoms with E-state index in [2.05, 4.69) is 67.7 Å². The quantitative estimate of drug-likeness (QED) is 0.461. The van der Waals surface area contributed by atoms with E-state index in [1.54, 1.807) is 0 Å². The standard InChI is InChI=1S/C24H42O3/c1-10-19-15-18(12-13-25)14-17(3)24(19,11-2)27-21(26)20(23(7,8)9)16-22(4,5)6/h17-18,20,25H,1,11-16H2,2-9H3. The average Bonchev–Trinajstić information content (AvgIpc) is 2.53. The molecule has 0 amide bonds. The van der Waals surface area contributed by atoms with Crippen LogP contribution < -0.4 is 0 Å². The molecule has 0 heterocycles. The summed E-state index contributed by atoms with van der Waals surface area (Å²) >= 11 is 0. The molecular weight excluding hydrogens is 336 g/mol. The largest absolute Gasteiger partial charge is 0.453 e. The predicted molar refractivity (Wildman–Crippen MR) is 112 cm³/mol. The molecule has 1 aliphatic rings. The fraction of sp³-hybridized carbons (Fsp3) is 0.833. The monoisotopic (exact) mass is 378 g/mol. The molecule has 156 valence electrons. The van der Waals surface area contributed by atoms with Gasteiger partial charge in [0.25, 0.3) is 0 Å². The summed E-state index contributed by atoms with van der Waals surface area (Å²) in [6.07, 6.45) is 4.05. The third kappa shape index (κ3) is 5.96. The summed E-state index contributed by atoms with van der Waals surface area (Å²) < 4.78 is 6.36. The van der Waals surface area contributed by atoms with Crippen LogP contribution >= 0.6 is 0 Å². The van der Waals surface area contributed by atoms with Gasteiger partial charge in [-0.2, -0.15) is 0 Å². The molecule has 0 aromatic rings. The number of carbonyl (C=O) groups is 1. The van der Waals surface area contributed by atoms with Crippen LogP contribution in [0, 0.1) is 28.6 Å². The van der Waals surface area contributed by atoms with Crippen molar-refractivity contribution in [3.63, 3.8) is 0 Å². The summed E-state index contributed by atoms with van der Waals surface area (Å²) in [5.74, 6) is 0.339. The van der Waals surface area contributed by atoms with Crippen LogP contribution in [0.3, 0.4) is 0 Å². The lowest BCUT2D eigenvalue weighted by Gasteiger charge is -2.47. The van der Waals surface area contributed by atoms with Crippen molar-refractivity contribution in [1.82, 2.24) is 0 Å². The third-order valence-corrected chi connectivity index (χ3v) is 6.19. The minimum Gasteiger partial charge on any atom is -0.453 e. The lowest BCUT2D eigenvalue weighted by molar-refractivity contribution is -0.174. The number of hydrogen-bond donors (Lipinski definition) is 1. The molecule has 3 heteroatoms. The van der Waals surface area contributed by atoms with Gasteiger partial charge in [0.1, 0.15) is 5.60 Å². The van der Waals surface area contributed by atoms with Gasteiger partial charge in [0, 0.05) is 18.1 Å². The Morgan fingerprint density at radius 2 is 1.93 bits per heavy atom. The maximum atomic E-state index is 13.4. The minimum absolute atomic E-state index is 0.0534. The van der Waals surface area contributed by atoms with Crippen molar-refractivity contribution < 1.29 is 14.6 Å². The molecule has 1 saturated carbocycles. The third-order valence-electron chi connectivity index (χ3n) is 6.19. The van der Waals surface area contributed by atoms with Gasteiger partial charge >= 0.3 is 5.97 Å². The van der Waals surface area contributed by atoms with Gasteiger partial charge in [0.05, 0.1) is 5.92 Å². The van der Waals surface area contributed by atoms with Crippen LogP contribution in [0.5, 0.6) is 0 Å². The van der Waals surface area contributed by atoms with Gasteiger partial charge in [-0.25, -0.2) is 0 Å². The summed E-state index contributed by atoms with van der Waals surface area (Å²) in [7, 11) is 0. The van der Waals surface area contributed by atoms with E-state index < -0.39 is 5.60 Å². The van der Waals surface area contributed by atoms with Crippen molar-refractivity contribution in [3.05, 3.63) is 17.9 Å². The Morgan fingerprint density at radius 3 is 2.33 bits per heavy atom. The van der Waals surface area contributed by atoms with Gasteiger partial charge in [-0.05, 0) is 48.9 Å². The molecule has 0 aromatic carbocycles. The van der Waals surface area contributed by atoms with Crippen LogP contribution in [0.1, 0.15) is 87.5 Å². The van der Waals surface area contributed by atoms with E-state index in [1.165, 1.54) is 0 Å². The molecular formula is C24H42O3. The van der Waals surface area contributed by atoms with Gasteiger partial charge in [-0.3, -0.25) is 4.79 Å². The number of esters is 1. The average molecular weight is 379 g/mol. The molecule has 0 aromatic heterocycles. The zero-order valence-electron chi connectivity index (χ0n) is 18.9. The van der Waals surface area contributed by atoms with Crippen LogP contribution in [0.15, 0.2) is 17.9 Å². The SMILES string of the molecule is C=C=C1CC(CCO)CC(C)C1(CC)OC(=O)C(CC(C)(C)C)C(C)(C)C. The highest BCUT2D eigenvalue weighted by atomic mass is 16.6. The van der Waals surface area contributed by atoms with E-state index in [9.17, 15) is 9.90 Å². The molecule has 3 nitrogen and oxygen atoms in total. The minimum atomic E-state index is -0.619. The van der Waals surface area contributed by atoms with Crippen molar-refractivity contribution >= 4 is 5.97 Å². The first-order valence-corrected chi connectivity index (χ1v) is 10.5. The molecule has 0 saturated heterocycles. The van der Waals surface area contributed by atoms with E-state index >= 15 is 0 Å². The lowest BCUT2D eigenvalue weighted by atomic mass is 9.66. The van der Waals surface area contributed by atoms with Crippen LogP contribution in [-0.2, 0) is 9.53 Å². The molecule has 27 heavy (non-hydrogen) atoms. The number of aliphatic hydroxyl groups excluding tert-OH is 1. The first-order valence-electron chi connectivity index (χ1n) is 10.5. The van der Waals surface area contributed by atoms with Crippen molar-refractivity contribution in [3.8, 4) is 0 Å². The Kier molecular flexibility index (Phi) is 7.97. The fourth-order valence-electron chi connectivity index (χ4n) is 4.56. The molecule has 1 aliphatic carbocycles.